The molecule has 0 radical (unpaired) electrons. The largest absolute Gasteiger partial charge is 0.459 e. The molecule has 0 atom stereocenters. The predicted molar refractivity (Wildman–Crippen MR) is 81.6 cm³/mol. The smallest absolute Gasteiger partial charge is 0.320 e. The van der Waals surface area contributed by atoms with Crippen LogP contribution in [0.5, 0.6) is 0 Å². The van der Waals surface area contributed by atoms with Crippen molar-refractivity contribution in [2.75, 3.05) is 45.8 Å². The molecule has 0 aromatic heterocycles. The Morgan fingerprint density at radius 2 is 1.75 bits per heavy atom. The fraction of sp³-hybridized carbons (Fsp3) is 0.933. The van der Waals surface area contributed by atoms with Gasteiger partial charge in [-0.15, -0.1) is 0 Å². The fourth-order valence-corrected chi connectivity index (χ4v) is 2.44. The summed E-state index contributed by atoms with van der Waals surface area (Å²) < 4.78 is 5.38. The van der Waals surface area contributed by atoms with Crippen LogP contribution in [0.1, 0.15) is 40.0 Å². The van der Waals surface area contributed by atoms with Gasteiger partial charge in [0, 0.05) is 19.6 Å². The van der Waals surface area contributed by atoms with Gasteiger partial charge in [0.05, 0.1) is 6.54 Å². The lowest BCUT2D eigenvalue weighted by Gasteiger charge is -2.24. The van der Waals surface area contributed by atoms with Crippen LogP contribution in [0.25, 0.3) is 0 Å². The minimum atomic E-state index is -0.392. The second kappa shape index (κ2) is 8.60. The summed E-state index contributed by atoms with van der Waals surface area (Å²) in [7, 11) is 0. The van der Waals surface area contributed by atoms with Crippen LogP contribution in [0.2, 0.25) is 0 Å². The van der Waals surface area contributed by atoms with Gasteiger partial charge in [-0.05, 0) is 59.7 Å². The normalized spacial score (nSPS) is 18.8. The second-order valence-corrected chi connectivity index (χ2v) is 6.55. The summed E-state index contributed by atoms with van der Waals surface area (Å²) in [5.74, 6) is -0.117. The predicted octanol–water partition coefficient (Wildman–Crippen LogP) is 1.07. The molecular weight excluding hydrogens is 254 g/mol. The molecule has 5 nitrogen and oxygen atoms in total. The molecular formula is C15H31N3O2. The zero-order valence-electron chi connectivity index (χ0n) is 13.4. The van der Waals surface area contributed by atoms with Crippen LogP contribution in [0, 0.1) is 0 Å². The summed E-state index contributed by atoms with van der Waals surface area (Å²) in [5.41, 5.74) is 5.13. The van der Waals surface area contributed by atoms with E-state index in [2.05, 4.69) is 9.80 Å². The zero-order chi connectivity index (χ0) is 15.0. The molecule has 0 amide bonds. The highest BCUT2D eigenvalue weighted by Crippen LogP contribution is 2.09. The molecule has 0 aliphatic carbocycles. The van der Waals surface area contributed by atoms with Crippen molar-refractivity contribution in [3.63, 3.8) is 0 Å². The van der Waals surface area contributed by atoms with Crippen molar-refractivity contribution in [2.45, 2.75) is 45.6 Å². The Bertz CT molecular complexity index is 289. The average molecular weight is 285 g/mol. The number of hydrogen-bond donors (Lipinski definition) is 1. The van der Waals surface area contributed by atoms with E-state index in [0.29, 0.717) is 6.54 Å². The lowest BCUT2D eigenvalue weighted by Crippen LogP contribution is -2.37. The summed E-state index contributed by atoms with van der Waals surface area (Å²) in [5, 5.41) is 0. The van der Waals surface area contributed by atoms with Gasteiger partial charge in [-0.1, -0.05) is 0 Å². The molecule has 1 saturated heterocycles. The zero-order valence-corrected chi connectivity index (χ0v) is 13.4. The molecule has 20 heavy (non-hydrogen) atoms. The van der Waals surface area contributed by atoms with Gasteiger partial charge in [0.15, 0.2) is 0 Å². The molecule has 2 N–H and O–H groups in total. The number of rotatable bonds is 6. The molecule has 0 aromatic carbocycles. The number of carbonyl (C=O) groups is 1. The van der Waals surface area contributed by atoms with Crippen molar-refractivity contribution in [1.82, 2.24) is 9.80 Å². The summed E-state index contributed by atoms with van der Waals surface area (Å²) >= 11 is 0. The fourth-order valence-electron chi connectivity index (χ4n) is 2.44. The Labute approximate surface area is 123 Å². The van der Waals surface area contributed by atoms with Gasteiger partial charge in [-0.25, -0.2) is 0 Å². The highest BCUT2D eigenvalue weighted by Gasteiger charge is 2.21. The van der Waals surface area contributed by atoms with Crippen LogP contribution in [0.15, 0.2) is 0 Å². The molecule has 0 spiro atoms. The maximum absolute atomic E-state index is 11.8. The quantitative estimate of drug-likeness (QED) is 0.584. The maximum atomic E-state index is 11.8. The van der Waals surface area contributed by atoms with E-state index >= 15 is 0 Å². The molecule has 0 unspecified atom stereocenters. The first-order chi connectivity index (χ1) is 9.40. The Morgan fingerprint density at radius 1 is 1.10 bits per heavy atom. The highest BCUT2D eigenvalue weighted by atomic mass is 16.6. The SMILES string of the molecule is CC(C)(C)OC(=O)CN1CCCN(CCCCN)CC1. The van der Waals surface area contributed by atoms with Crippen molar-refractivity contribution in [2.24, 2.45) is 5.73 Å². The standard InChI is InChI=1S/C15H31N3O2/c1-15(2,3)20-14(19)13-18-10-6-9-17(11-12-18)8-5-4-7-16/h4-13,16H2,1-3H3. The third-order valence-corrected chi connectivity index (χ3v) is 3.38. The minimum absolute atomic E-state index is 0.117. The van der Waals surface area contributed by atoms with Crippen LogP contribution in [-0.2, 0) is 9.53 Å². The van der Waals surface area contributed by atoms with E-state index in [1.807, 2.05) is 20.8 Å². The van der Waals surface area contributed by atoms with E-state index in [1.54, 1.807) is 0 Å². The van der Waals surface area contributed by atoms with Gasteiger partial charge in [0.25, 0.3) is 0 Å². The lowest BCUT2D eigenvalue weighted by atomic mass is 10.2. The first-order valence-electron chi connectivity index (χ1n) is 7.77. The van der Waals surface area contributed by atoms with Crippen molar-refractivity contribution >= 4 is 5.97 Å². The first kappa shape index (κ1) is 17.4. The van der Waals surface area contributed by atoms with Crippen LogP contribution < -0.4 is 5.73 Å². The first-order valence-corrected chi connectivity index (χ1v) is 7.77. The van der Waals surface area contributed by atoms with Crippen LogP contribution in [0.4, 0.5) is 0 Å². The van der Waals surface area contributed by atoms with Crippen LogP contribution in [0.3, 0.4) is 0 Å². The topological polar surface area (TPSA) is 58.8 Å². The van der Waals surface area contributed by atoms with Crippen molar-refractivity contribution in [3.05, 3.63) is 0 Å². The molecule has 1 fully saturated rings. The Morgan fingerprint density at radius 3 is 2.40 bits per heavy atom. The van der Waals surface area contributed by atoms with Gasteiger partial charge in [-0.3, -0.25) is 9.69 Å². The van der Waals surface area contributed by atoms with Crippen molar-refractivity contribution < 1.29 is 9.53 Å². The number of unbranched alkanes of at least 4 members (excludes halogenated alkanes) is 1. The molecule has 0 saturated carbocycles. The monoisotopic (exact) mass is 285 g/mol. The summed E-state index contributed by atoms with van der Waals surface area (Å²) in [4.78, 5) is 16.5. The van der Waals surface area contributed by atoms with E-state index in [9.17, 15) is 4.79 Å². The summed E-state index contributed by atoms with van der Waals surface area (Å²) in [6.07, 6.45) is 3.38. The molecule has 0 aromatic rings. The van der Waals surface area contributed by atoms with Crippen molar-refractivity contribution in [1.29, 1.82) is 0 Å². The van der Waals surface area contributed by atoms with Crippen LogP contribution >= 0.6 is 0 Å². The van der Waals surface area contributed by atoms with E-state index in [1.165, 1.54) is 6.42 Å². The summed E-state index contributed by atoms with van der Waals surface area (Å²) in [6.45, 7) is 12.1. The maximum Gasteiger partial charge on any atom is 0.320 e. The average Bonchev–Trinajstić information content (AvgIpc) is 2.53. The van der Waals surface area contributed by atoms with Gasteiger partial charge >= 0.3 is 5.97 Å². The number of nitrogens with zero attached hydrogens (tertiary/aromatic N) is 2. The molecule has 118 valence electrons. The number of hydrogen-bond acceptors (Lipinski definition) is 5. The van der Waals surface area contributed by atoms with E-state index in [-0.39, 0.29) is 5.97 Å². The van der Waals surface area contributed by atoms with Gasteiger partial charge in [0.1, 0.15) is 5.60 Å². The van der Waals surface area contributed by atoms with E-state index in [4.69, 9.17) is 10.5 Å². The van der Waals surface area contributed by atoms with Crippen LogP contribution in [-0.4, -0.2) is 67.2 Å². The Hall–Kier alpha value is -0.650. The molecule has 0 bridgehead atoms. The van der Waals surface area contributed by atoms with Gasteiger partial charge in [-0.2, -0.15) is 0 Å². The second-order valence-electron chi connectivity index (χ2n) is 6.55. The third-order valence-electron chi connectivity index (χ3n) is 3.38. The minimum Gasteiger partial charge on any atom is -0.459 e. The van der Waals surface area contributed by atoms with E-state index < -0.39 is 5.60 Å². The molecule has 1 heterocycles. The van der Waals surface area contributed by atoms with Gasteiger partial charge in [0.2, 0.25) is 0 Å². The number of ether oxygens (including phenoxy) is 1. The number of carbonyl (C=O) groups excluding carboxylic acids is 1. The van der Waals surface area contributed by atoms with Crippen molar-refractivity contribution in [3.8, 4) is 0 Å². The Balaban J connectivity index is 2.27. The molecule has 1 aliphatic heterocycles. The lowest BCUT2D eigenvalue weighted by molar-refractivity contribution is -0.156. The number of nitrogens with two attached hydrogens (primary N) is 1. The van der Waals surface area contributed by atoms with E-state index in [0.717, 1.165) is 52.1 Å². The third kappa shape index (κ3) is 7.82. The molecule has 1 rings (SSSR count). The summed E-state index contributed by atoms with van der Waals surface area (Å²) in [6, 6.07) is 0. The molecule has 1 aliphatic rings. The number of esters is 1. The van der Waals surface area contributed by atoms with Gasteiger partial charge < -0.3 is 15.4 Å². The molecule has 5 heteroatoms. The highest BCUT2D eigenvalue weighted by molar-refractivity contribution is 5.72. The Kier molecular flexibility index (Phi) is 7.48.